The molecule has 21 heavy (non-hydrogen) atoms. The number of rotatable bonds is 5. The molecule has 0 aliphatic heterocycles. The lowest BCUT2D eigenvalue weighted by atomic mass is 10.1. The van der Waals surface area contributed by atoms with Crippen LogP contribution in [0.5, 0.6) is 5.19 Å². The van der Waals surface area contributed by atoms with Gasteiger partial charge in [0.2, 0.25) is 5.13 Å². The highest BCUT2D eigenvalue weighted by molar-refractivity contribution is 7.16. The molecule has 2 rings (SSSR count). The molecule has 1 aliphatic rings. The molecule has 0 saturated heterocycles. The zero-order valence-corrected chi connectivity index (χ0v) is 15.5. The fourth-order valence-corrected chi connectivity index (χ4v) is 4.22. The molecule has 2 atom stereocenters. The van der Waals surface area contributed by atoms with Crippen molar-refractivity contribution >= 4 is 24.8 Å². The second-order valence-electron chi connectivity index (χ2n) is 7.40. The summed E-state index contributed by atoms with van der Waals surface area (Å²) >= 11 is 1.29. The summed E-state index contributed by atoms with van der Waals surface area (Å²) in [5, 5.41) is 8.93. The molecule has 0 amide bonds. The van der Waals surface area contributed by atoms with E-state index in [4.69, 9.17) is 14.9 Å². The normalized spacial score (nSPS) is 23.5. The quantitative estimate of drug-likeness (QED) is 0.834. The second-order valence-corrected chi connectivity index (χ2v) is 13.1. The number of hydrogen-bond donors (Lipinski definition) is 1. The highest BCUT2D eigenvalue weighted by Crippen LogP contribution is 2.40. The van der Waals surface area contributed by atoms with Crippen LogP contribution in [0.4, 0.5) is 5.13 Å². The Balaban J connectivity index is 1.78. The van der Waals surface area contributed by atoms with Crippen molar-refractivity contribution in [2.75, 3.05) is 12.3 Å². The highest BCUT2D eigenvalue weighted by atomic mass is 32.1. The van der Waals surface area contributed by atoms with Gasteiger partial charge in [-0.1, -0.05) is 25.9 Å². The van der Waals surface area contributed by atoms with Crippen molar-refractivity contribution in [2.45, 2.75) is 64.3 Å². The van der Waals surface area contributed by atoms with Gasteiger partial charge in [-0.25, -0.2) is 0 Å². The molecule has 1 fully saturated rings. The minimum absolute atomic E-state index is 0.270. The van der Waals surface area contributed by atoms with Crippen LogP contribution >= 0.6 is 11.3 Å². The average molecular weight is 330 g/mol. The van der Waals surface area contributed by atoms with Crippen LogP contribution in [0.1, 0.15) is 40.0 Å². The first-order chi connectivity index (χ1) is 9.67. The molecule has 0 radical (unpaired) electrons. The van der Waals surface area contributed by atoms with Crippen LogP contribution in [0, 0.1) is 5.92 Å². The molecule has 5 nitrogen and oxygen atoms in total. The van der Waals surface area contributed by atoms with Crippen LogP contribution in [0.2, 0.25) is 18.1 Å². The monoisotopic (exact) mass is 329 g/mol. The Labute approximate surface area is 132 Å². The van der Waals surface area contributed by atoms with Crippen LogP contribution in [-0.2, 0) is 4.43 Å². The van der Waals surface area contributed by atoms with Gasteiger partial charge in [0.25, 0.3) is 5.19 Å². The van der Waals surface area contributed by atoms with Gasteiger partial charge in [0.05, 0.1) is 6.61 Å². The number of aromatic nitrogens is 2. The Hall–Kier alpha value is -0.663. The standard InChI is InChI=1S/C14H27N3O2SSi/c1-14(2,3)21(4,5)19-11-7-6-10(8-11)9-18-13-17-16-12(15)20-13/h10-11H,6-9H2,1-5H3,(H2,15,16). The van der Waals surface area contributed by atoms with Gasteiger partial charge >= 0.3 is 0 Å². The van der Waals surface area contributed by atoms with E-state index in [2.05, 4.69) is 44.1 Å². The van der Waals surface area contributed by atoms with Crippen molar-refractivity contribution in [3.05, 3.63) is 0 Å². The van der Waals surface area contributed by atoms with Crippen LogP contribution < -0.4 is 10.5 Å². The molecule has 1 aromatic rings. The molecule has 2 unspecified atom stereocenters. The van der Waals surface area contributed by atoms with E-state index >= 15 is 0 Å². The Morgan fingerprint density at radius 3 is 2.57 bits per heavy atom. The first-order valence-electron chi connectivity index (χ1n) is 7.57. The maximum atomic E-state index is 6.49. The second kappa shape index (κ2) is 6.22. The van der Waals surface area contributed by atoms with Crippen molar-refractivity contribution in [2.24, 2.45) is 5.92 Å². The molecular formula is C14H27N3O2SSi. The topological polar surface area (TPSA) is 70.3 Å². The number of nitrogen functional groups attached to an aromatic ring is 1. The van der Waals surface area contributed by atoms with Gasteiger partial charge in [0.15, 0.2) is 8.32 Å². The number of hydrogen-bond acceptors (Lipinski definition) is 6. The predicted molar refractivity (Wildman–Crippen MR) is 89.2 cm³/mol. The first kappa shape index (κ1) is 16.7. The molecule has 0 aromatic carbocycles. The molecule has 1 heterocycles. The van der Waals surface area contributed by atoms with Crippen LogP contribution in [0.3, 0.4) is 0 Å². The number of nitrogens with zero attached hydrogens (tertiary/aromatic N) is 2. The Kier molecular flexibility index (Phi) is 4.95. The van der Waals surface area contributed by atoms with E-state index in [1.54, 1.807) is 0 Å². The molecule has 0 spiro atoms. The molecule has 7 heteroatoms. The molecule has 120 valence electrons. The number of nitrogens with two attached hydrogens (primary N) is 1. The Morgan fingerprint density at radius 1 is 1.29 bits per heavy atom. The summed E-state index contributed by atoms with van der Waals surface area (Å²) < 4.78 is 12.2. The Bertz CT molecular complexity index is 473. The summed E-state index contributed by atoms with van der Waals surface area (Å²) in [6, 6.07) is 0. The van der Waals surface area contributed by atoms with Crippen LogP contribution in [0.15, 0.2) is 0 Å². The minimum atomic E-state index is -1.66. The van der Waals surface area contributed by atoms with Gasteiger partial charge in [-0.2, -0.15) is 0 Å². The van der Waals surface area contributed by atoms with Gasteiger partial charge in [0, 0.05) is 6.10 Å². The van der Waals surface area contributed by atoms with Gasteiger partial charge in [0.1, 0.15) is 0 Å². The maximum Gasteiger partial charge on any atom is 0.295 e. The third-order valence-corrected chi connectivity index (χ3v) is 9.83. The average Bonchev–Trinajstić information content (AvgIpc) is 2.94. The smallest absolute Gasteiger partial charge is 0.295 e. The fourth-order valence-electron chi connectivity index (χ4n) is 2.35. The summed E-state index contributed by atoms with van der Waals surface area (Å²) in [5.41, 5.74) is 5.54. The van der Waals surface area contributed by atoms with E-state index in [0.717, 1.165) is 19.3 Å². The third kappa shape index (κ3) is 4.40. The summed E-state index contributed by atoms with van der Waals surface area (Å²) in [4.78, 5) is 0. The van der Waals surface area contributed by atoms with E-state index in [0.29, 0.717) is 29.0 Å². The van der Waals surface area contributed by atoms with Crippen molar-refractivity contribution in [1.29, 1.82) is 0 Å². The first-order valence-corrected chi connectivity index (χ1v) is 11.3. The van der Waals surface area contributed by atoms with Crippen LogP contribution in [-0.4, -0.2) is 31.2 Å². The van der Waals surface area contributed by atoms with Crippen molar-refractivity contribution < 1.29 is 9.16 Å². The molecule has 1 aromatic heterocycles. The van der Waals surface area contributed by atoms with Gasteiger partial charge in [-0.15, -0.1) is 5.10 Å². The Morgan fingerprint density at radius 2 is 2.00 bits per heavy atom. The SMILES string of the molecule is CC(C)(C)[Si](C)(C)OC1CCC(COc2nnc(N)s2)C1. The third-order valence-electron chi connectivity index (χ3n) is 4.63. The maximum absolute atomic E-state index is 6.49. The van der Waals surface area contributed by atoms with E-state index in [1.165, 1.54) is 11.3 Å². The molecule has 1 saturated carbocycles. The lowest BCUT2D eigenvalue weighted by Crippen LogP contribution is -2.43. The van der Waals surface area contributed by atoms with Gasteiger partial charge in [-0.05, 0) is 54.6 Å². The van der Waals surface area contributed by atoms with Gasteiger partial charge < -0.3 is 14.9 Å². The largest absolute Gasteiger partial charge is 0.469 e. The van der Waals surface area contributed by atoms with E-state index in [-0.39, 0.29) is 5.04 Å². The van der Waals surface area contributed by atoms with Crippen molar-refractivity contribution in [3.8, 4) is 5.19 Å². The molecular weight excluding hydrogens is 302 g/mol. The number of ether oxygens (including phenoxy) is 1. The van der Waals surface area contributed by atoms with E-state index < -0.39 is 8.32 Å². The summed E-state index contributed by atoms with van der Waals surface area (Å²) in [6.07, 6.45) is 3.77. The highest BCUT2D eigenvalue weighted by Gasteiger charge is 2.40. The summed E-state index contributed by atoms with van der Waals surface area (Å²) in [6.45, 7) is 12.2. The minimum Gasteiger partial charge on any atom is -0.469 e. The zero-order chi connectivity index (χ0) is 15.7. The number of anilines is 1. The van der Waals surface area contributed by atoms with E-state index in [9.17, 15) is 0 Å². The van der Waals surface area contributed by atoms with Crippen molar-refractivity contribution in [3.63, 3.8) is 0 Å². The zero-order valence-electron chi connectivity index (χ0n) is 13.7. The fraction of sp³-hybridized carbons (Fsp3) is 0.857. The molecule has 1 aliphatic carbocycles. The predicted octanol–water partition coefficient (Wildman–Crippen LogP) is 3.69. The molecule has 0 bridgehead atoms. The summed E-state index contributed by atoms with van der Waals surface area (Å²) in [7, 11) is -1.66. The summed E-state index contributed by atoms with van der Waals surface area (Å²) in [5.74, 6) is 0.546. The lowest BCUT2D eigenvalue weighted by molar-refractivity contribution is 0.172. The van der Waals surface area contributed by atoms with Gasteiger partial charge in [-0.3, -0.25) is 0 Å². The van der Waals surface area contributed by atoms with E-state index in [1.807, 2.05) is 0 Å². The van der Waals surface area contributed by atoms with Crippen molar-refractivity contribution in [1.82, 2.24) is 10.2 Å². The van der Waals surface area contributed by atoms with Crippen LogP contribution in [0.25, 0.3) is 0 Å². The molecule has 2 N–H and O–H groups in total. The lowest BCUT2D eigenvalue weighted by Gasteiger charge is -2.38.